The normalized spacial score (nSPS) is 15.5. The first-order chi connectivity index (χ1) is 14.9. The molecule has 1 saturated heterocycles. The van der Waals surface area contributed by atoms with E-state index in [0.717, 1.165) is 37.2 Å². The van der Waals surface area contributed by atoms with Crippen molar-refractivity contribution in [2.24, 2.45) is 0 Å². The second-order valence-corrected chi connectivity index (χ2v) is 9.67. The molecule has 0 bridgehead atoms. The fourth-order valence-electron chi connectivity index (χ4n) is 3.84. The van der Waals surface area contributed by atoms with E-state index >= 15 is 0 Å². The summed E-state index contributed by atoms with van der Waals surface area (Å²) in [6.07, 6.45) is 1.33. The van der Waals surface area contributed by atoms with Crippen molar-refractivity contribution in [2.75, 3.05) is 18.5 Å². The van der Waals surface area contributed by atoms with Crippen LogP contribution in [0.2, 0.25) is 0 Å². The summed E-state index contributed by atoms with van der Waals surface area (Å²) in [6, 6.07) is 17.8. The molecule has 31 heavy (non-hydrogen) atoms. The smallest absolute Gasteiger partial charge is 0.235 e. The number of hydrogen-bond acceptors (Lipinski definition) is 5. The zero-order valence-electron chi connectivity index (χ0n) is 17.5. The third kappa shape index (κ3) is 5.17. The van der Waals surface area contributed by atoms with Crippen LogP contribution in [0.4, 0.5) is 5.69 Å². The van der Waals surface area contributed by atoms with Crippen LogP contribution in [0.15, 0.2) is 69.1 Å². The van der Waals surface area contributed by atoms with Crippen molar-refractivity contribution in [3.05, 3.63) is 76.0 Å². The Bertz CT molecular complexity index is 1040. The summed E-state index contributed by atoms with van der Waals surface area (Å²) in [6.45, 7) is 5.09. The lowest BCUT2D eigenvalue weighted by atomic mass is 9.73. The summed E-state index contributed by atoms with van der Waals surface area (Å²) in [5, 5.41) is 3.86. The number of rotatable bonds is 5. The van der Waals surface area contributed by atoms with Gasteiger partial charge in [-0.05, 0) is 86.5 Å². The Morgan fingerprint density at radius 1 is 1.00 bits per heavy atom. The zero-order valence-corrected chi connectivity index (χ0v) is 19.9. The van der Waals surface area contributed by atoms with E-state index in [1.54, 1.807) is 0 Å². The molecule has 0 saturated carbocycles. The highest BCUT2D eigenvalue weighted by Crippen LogP contribution is 2.37. The minimum atomic E-state index is -0.584. The summed E-state index contributed by atoms with van der Waals surface area (Å²) in [4.78, 5) is 23.4. The van der Waals surface area contributed by atoms with Gasteiger partial charge in [-0.2, -0.15) is 0 Å². The number of benzene rings is 2. The number of carbonyl (C=O) groups is 1. The van der Waals surface area contributed by atoms with Crippen molar-refractivity contribution in [2.45, 2.75) is 42.2 Å². The highest BCUT2D eigenvalue weighted by molar-refractivity contribution is 9.10. The number of aryl methyl sites for hydroxylation is 2. The van der Waals surface area contributed by atoms with E-state index in [1.807, 2.05) is 68.4 Å². The summed E-state index contributed by atoms with van der Waals surface area (Å²) in [5.41, 5.74) is 3.12. The number of halogens is 1. The molecule has 1 N–H and O–H groups in total. The number of ether oxygens (including phenoxy) is 1. The van der Waals surface area contributed by atoms with Crippen LogP contribution >= 0.6 is 27.7 Å². The number of aromatic nitrogens is 2. The Morgan fingerprint density at radius 2 is 1.61 bits per heavy atom. The van der Waals surface area contributed by atoms with Gasteiger partial charge in [0.15, 0.2) is 5.16 Å². The Balaban J connectivity index is 1.50. The van der Waals surface area contributed by atoms with Crippen molar-refractivity contribution in [1.29, 1.82) is 0 Å². The number of amides is 1. The van der Waals surface area contributed by atoms with Crippen molar-refractivity contribution < 1.29 is 9.53 Å². The molecule has 0 spiro atoms. The average molecular weight is 498 g/mol. The largest absolute Gasteiger partial charge is 0.381 e. The molecular weight excluding hydrogens is 474 g/mol. The van der Waals surface area contributed by atoms with Gasteiger partial charge in [0.1, 0.15) is 0 Å². The van der Waals surface area contributed by atoms with Crippen LogP contribution in [0.25, 0.3) is 0 Å². The van der Waals surface area contributed by atoms with Gasteiger partial charge in [-0.25, -0.2) is 9.97 Å². The van der Waals surface area contributed by atoms with Gasteiger partial charge in [0, 0.05) is 39.7 Å². The van der Waals surface area contributed by atoms with Crippen LogP contribution in [0.5, 0.6) is 0 Å². The van der Waals surface area contributed by atoms with Gasteiger partial charge < -0.3 is 10.1 Å². The molecule has 1 aromatic heterocycles. The van der Waals surface area contributed by atoms with E-state index in [0.29, 0.717) is 26.1 Å². The Hall–Kier alpha value is -2.22. The lowest BCUT2D eigenvalue weighted by Gasteiger charge is -2.36. The minimum Gasteiger partial charge on any atom is -0.381 e. The summed E-state index contributed by atoms with van der Waals surface area (Å²) < 4.78 is 6.56. The molecule has 7 heteroatoms. The van der Waals surface area contributed by atoms with E-state index in [2.05, 4.69) is 31.2 Å². The second-order valence-electron chi connectivity index (χ2n) is 7.72. The SMILES string of the molecule is Cc1cc(C)nc(Sc2ccc(NC(=O)C3(c4ccc(Br)cc4)CCOCC3)cc2)n1. The maximum Gasteiger partial charge on any atom is 0.235 e. The van der Waals surface area contributed by atoms with Crippen LogP contribution in [-0.2, 0) is 14.9 Å². The third-order valence-electron chi connectivity index (χ3n) is 5.46. The predicted octanol–water partition coefficient (Wildman–Crippen LogP) is 5.69. The van der Waals surface area contributed by atoms with Gasteiger partial charge in [0.25, 0.3) is 0 Å². The van der Waals surface area contributed by atoms with Crippen molar-refractivity contribution in [1.82, 2.24) is 9.97 Å². The lowest BCUT2D eigenvalue weighted by molar-refractivity contribution is -0.125. The van der Waals surface area contributed by atoms with Gasteiger partial charge >= 0.3 is 0 Å². The fourth-order valence-corrected chi connectivity index (χ4v) is 4.96. The van der Waals surface area contributed by atoms with Crippen molar-refractivity contribution in [3.63, 3.8) is 0 Å². The first kappa shape index (κ1) is 22.0. The van der Waals surface area contributed by atoms with E-state index < -0.39 is 5.41 Å². The summed E-state index contributed by atoms with van der Waals surface area (Å²) in [7, 11) is 0. The number of carbonyl (C=O) groups excluding carboxylic acids is 1. The van der Waals surface area contributed by atoms with Crippen LogP contribution in [0.3, 0.4) is 0 Å². The van der Waals surface area contributed by atoms with E-state index in [4.69, 9.17) is 4.74 Å². The van der Waals surface area contributed by atoms with Gasteiger partial charge in [-0.1, -0.05) is 28.1 Å². The van der Waals surface area contributed by atoms with Crippen LogP contribution in [0.1, 0.15) is 29.8 Å². The molecule has 2 heterocycles. The molecular formula is C24H24BrN3O2S. The van der Waals surface area contributed by atoms with Gasteiger partial charge in [0.05, 0.1) is 5.41 Å². The maximum absolute atomic E-state index is 13.4. The van der Waals surface area contributed by atoms with Gasteiger partial charge in [-0.15, -0.1) is 0 Å². The lowest BCUT2D eigenvalue weighted by Crippen LogP contribution is -2.44. The molecule has 2 aromatic carbocycles. The number of hydrogen-bond donors (Lipinski definition) is 1. The first-order valence-electron chi connectivity index (χ1n) is 10.2. The molecule has 160 valence electrons. The van der Waals surface area contributed by atoms with E-state index in [9.17, 15) is 4.79 Å². The second kappa shape index (κ2) is 9.51. The van der Waals surface area contributed by atoms with E-state index in [1.165, 1.54) is 11.8 Å². The molecule has 1 aliphatic rings. The minimum absolute atomic E-state index is 0.0103. The highest BCUT2D eigenvalue weighted by atomic mass is 79.9. The molecule has 5 nitrogen and oxygen atoms in total. The number of nitrogens with zero attached hydrogens (tertiary/aromatic N) is 2. The van der Waals surface area contributed by atoms with Crippen LogP contribution in [-0.4, -0.2) is 29.1 Å². The quantitative estimate of drug-likeness (QED) is 0.458. The van der Waals surface area contributed by atoms with Crippen LogP contribution < -0.4 is 5.32 Å². The zero-order chi connectivity index (χ0) is 21.8. The first-order valence-corrected chi connectivity index (χ1v) is 11.8. The third-order valence-corrected chi connectivity index (χ3v) is 6.86. The summed E-state index contributed by atoms with van der Waals surface area (Å²) in [5.74, 6) is 0.0103. The molecule has 1 fully saturated rings. The Labute approximate surface area is 195 Å². The van der Waals surface area contributed by atoms with Gasteiger partial charge in [-0.3, -0.25) is 4.79 Å². The monoisotopic (exact) mass is 497 g/mol. The molecule has 1 amide bonds. The highest BCUT2D eigenvalue weighted by Gasteiger charge is 2.41. The van der Waals surface area contributed by atoms with Gasteiger partial charge in [0.2, 0.25) is 5.91 Å². The molecule has 0 aliphatic carbocycles. The molecule has 4 rings (SSSR count). The molecule has 1 aliphatic heterocycles. The average Bonchev–Trinajstić information content (AvgIpc) is 2.75. The predicted molar refractivity (Wildman–Crippen MR) is 127 cm³/mol. The topological polar surface area (TPSA) is 64.1 Å². The number of nitrogens with one attached hydrogen (secondary N) is 1. The molecule has 0 radical (unpaired) electrons. The molecule has 0 unspecified atom stereocenters. The van der Waals surface area contributed by atoms with Crippen molar-refractivity contribution >= 4 is 39.3 Å². The fraction of sp³-hybridized carbons (Fsp3) is 0.292. The van der Waals surface area contributed by atoms with Crippen LogP contribution in [0, 0.1) is 13.8 Å². The number of anilines is 1. The van der Waals surface area contributed by atoms with Crippen molar-refractivity contribution in [3.8, 4) is 0 Å². The molecule has 3 aromatic rings. The maximum atomic E-state index is 13.4. The Morgan fingerprint density at radius 3 is 2.23 bits per heavy atom. The molecule has 0 atom stereocenters. The summed E-state index contributed by atoms with van der Waals surface area (Å²) >= 11 is 4.99. The standard InChI is InChI=1S/C24H24BrN3O2S/c1-16-15-17(2)27-23(26-16)31-21-9-7-20(8-10-21)28-22(29)24(11-13-30-14-12-24)18-3-5-19(25)6-4-18/h3-10,15H,11-14H2,1-2H3,(H,28,29). The Kier molecular flexibility index (Phi) is 6.74. The van der Waals surface area contributed by atoms with E-state index in [-0.39, 0.29) is 5.91 Å².